The Kier molecular flexibility index (Phi) is 4.65. The van der Waals surface area contributed by atoms with E-state index in [4.69, 9.17) is 15.0 Å². The number of nitrogens with two attached hydrogens (primary N) is 1. The first-order valence-corrected chi connectivity index (χ1v) is 6.02. The third-order valence-corrected chi connectivity index (χ3v) is 2.78. The van der Waals surface area contributed by atoms with Crippen molar-refractivity contribution >= 4 is 0 Å². The molecule has 1 rings (SSSR count). The first-order chi connectivity index (χ1) is 7.90. The zero-order valence-corrected chi connectivity index (χ0v) is 11.4. The summed E-state index contributed by atoms with van der Waals surface area (Å²) in [7, 11) is 1.65. The molecule has 5 nitrogen and oxygen atoms in total. The summed E-state index contributed by atoms with van der Waals surface area (Å²) < 4.78 is 10.5. The van der Waals surface area contributed by atoms with Crippen molar-refractivity contribution < 1.29 is 9.26 Å². The van der Waals surface area contributed by atoms with Crippen molar-refractivity contribution in [2.75, 3.05) is 7.11 Å². The Hall–Kier alpha value is -0.940. The van der Waals surface area contributed by atoms with Crippen LogP contribution >= 0.6 is 0 Å². The lowest BCUT2D eigenvalue weighted by atomic mass is 9.87. The van der Waals surface area contributed by atoms with Gasteiger partial charge in [-0.15, -0.1) is 0 Å². The Morgan fingerprint density at radius 2 is 2.06 bits per heavy atom. The summed E-state index contributed by atoms with van der Waals surface area (Å²) in [5, 5.41) is 3.95. The van der Waals surface area contributed by atoms with Crippen molar-refractivity contribution in [2.24, 2.45) is 11.1 Å². The Balaban J connectivity index is 2.83. The third kappa shape index (κ3) is 3.51. The van der Waals surface area contributed by atoms with Gasteiger partial charge in [-0.3, -0.25) is 0 Å². The molecule has 0 saturated heterocycles. The van der Waals surface area contributed by atoms with Gasteiger partial charge in [0, 0.05) is 7.11 Å². The summed E-state index contributed by atoms with van der Waals surface area (Å²) in [5.41, 5.74) is 5.96. The lowest BCUT2D eigenvalue weighted by Gasteiger charge is -2.23. The topological polar surface area (TPSA) is 74.2 Å². The molecule has 2 atom stereocenters. The van der Waals surface area contributed by atoms with Crippen LogP contribution in [-0.2, 0) is 4.74 Å². The number of rotatable bonds is 5. The first kappa shape index (κ1) is 14.1. The maximum absolute atomic E-state index is 6.06. The zero-order valence-electron chi connectivity index (χ0n) is 11.4. The molecule has 2 unspecified atom stereocenters. The van der Waals surface area contributed by atoms with E-state index in [0.717, 1.165) is 12.8 Å². The van der Waals surface area contributed by atoms with Gasteiger partial charge in [0.1, 0.15) is 6.10 Å². The van der Waals surface area contributed by atoms with E-state index < -0.39 is 0 Å². The summed E-state index contributed by atoms with van der Waals surface area (Å²) >= 11 is 0. The molecule has 1 aromatic rings. The van der Waals surface area contributed by atoms with E-state index in [9.17, 15) is 0 Å². The van der Waals surface area contributed by atoms with E-state index in [1.54, 1.807) is 7.11 Å². The molecule has 0 aliphatic heterocycles. The average Bonchev–Trinajstić information content (AvgIpc) is 2.72. The van der Waals surface area contributed by atoms with Crippen LogP contribution in [-0.4, -0.2) is 17.3 Å². The zero-order chi connectivity index (χ0) is 13.1. The number of methoxy groups -OCH3 is 1. The molecule has 0 radical (unpaired) electrons. The second-order valence-electron chi connectivity index (χ2n) is 5.35. The van der Waals surface area contributed by atoms with Crippen molar-refractivity contribution in [2.45, 2.75) is 52.7 Å². The van der Waals surface area contributed by atoms with Gasteiger partial charge in [0.15, 0.2) is 0 Å². The monoisotopic (exact) mass is 241 g/mol. The minimum Gasteiger partial charge on any atom is -0.373 e. The van der Waals surface area contributed by atoms with Crippen LogP contribution in [0.3, 0.4) is 0 Å². The van der Waals surface area contributed by atoms with Gasteiger partial charge in [-0.2, -0.15) is 4.98 Å². The minimum absolute atomic E-state index is 0.100. The maximum atomic E-state index is 6.06. The Bertz CT molecular complexity index is 344. The normalized spacial score (nSPS) is 15.9. The molecule has 0 saturated carbocycles. The Morgan fingerprint density at radius 1 is 1.41 bits per heavy atom. The predicted molar refractivity (Wildman–Crippen MR) is 65.3 cm³/mol. The molecular formula is C12H23N3O2. The van der Waals surface area contributed by atoms with Crippen LogP contribution in [0.4, 0.5) is 0 Å². The largest absolute Gasteiger partial charge is 0.373 e. The molecule has 0 amide bonds. The molecule has 0 fully saturated rings. The molecule has 17 heavy (non-hydrogen) atoms. The standard InChI is InChI=1S/C12H23N3O2/c1-6-7-8(16-5)10-14-11(17-15-10)9(13)12(2,3)4/h8-9H,6-7,13H2,1-5H3. The van der Waals surface area contributed by atoms with E-state index in [1.807, 2.05) is 20.8 Å². The van der Waals surface area contributed by atoms with Gasteiger partial charge < -0.3 is 15.0 Å². The van der Waals surface area contributed by atoms with Crippen molar-refractivity contribution in [1.29, 1.82) is 0 Å². The van der Waals surface area contributed by atoms with Gasteiger partial charge in [0.2, 0.25) is 11.7 Å². The third-order valence-electron chi connectivity index (χ3n) is 2.78. The van der Waals surface area contributed by atoms with E-state index in [2.05, 4.69) is 17.1 Å². The molecule has 0 aliphatic carbocycles. The van der Waals surface area contributed by atoms with Crippen LogP contribution in [0.1, 0.15) is 64.4 Å². The highest BCUT2D eigenvalue weighted by atomic mass is 16.5. The average molecular weight is 241 g/mol. The summed E-state index contributed by atoms with van der Waals surface area (Å²) in [4.78, 5) is 4.34. The summed E-state index contributed by atoms with van der Waals surface area (Å²) in [6.07, 6.45) is 1.78. The second kappa shape index (κ2) is 5.60. The van der Waals surface area contributed by atoms with Crippen molar-refractivity contribution in [1.82, 2.24) is 10.1 Å². The molecule has 0 aliphatic rings. The summed E-state index contributed by atoms with van der Waals surface area (Å²) in [6, 6.07) is -0.261. The summed E-state index contributed by atoms with van der Waals surface area (Å²) in [6.45, 7) is 8.22. The molecule has 0 bridgehead atoms. The minimum atomic E-state index is -0.261. The van der Waals surface area contributed by atoms with E-state index >= 15 is 0 Å². The Labute approximate surface area is 103 Å². The van der Waals surface area contributed by atoms with Crippen molar-refractivity contribution in [3.63, 3.8) is 0 Å². The number of hydrogen-bond donors (Lipinski definition) is 1. The SMILES string of the molecule is CCCC(OC)c1noc(C(N)C(C)(C)C)n1. The van der Waals surface area contributed by atoms with Crippen LogP contribution in [0.15, 0.2) is 4.52 Å². The molecule has 2 N–H and O–H groups in total. The van der Waals surface area contributed by atoms with Crippen LogP contribution in [0.25, 0.3) is 0 Å². The van der Waals surface area contributed by atoms with Crippen LogP contribution in [0.2, 0.25) is 0 Å². The van der Waals surface area contributed by atoms with E-state index in [-0.39, 0.29) is 17.6 Å². The van der Waals surface area contributed by atoms with Gasteiger partial charge >= 0.3 is 0 Å². The van der Waals surface area contributed by atoms with Crippen molar-refractivity contribution in [3.05, 3.63) is 11.7 Å². The number of hydrogen-bond acceptors (Lipinski definition) is 5. The van der Waals surface area contributed by atoms with Gasteiger partial charge in [0.25, 0.3) is 0 Å². The number of nitrogens with zero attached hydrogens (tertiary/aromatic N) is 2. The van der Waals surface area contributed by atoms with Crippen LogP contribution < -0.4 is 5.73 Å². The van der Waals surface area contributed by atoms with Crippen molar-refractivity contribution in [3.8, 4) is 0 Å². The van der Waals surface area contributed by atoms with Gasteiger partial charge in [-0.05, 0) is 11.8 Å². The predicted octanol–water partition coefficient (Wildman–Crippen LogP) is 2.60. The summed E-state index contributed by atoms with van der Waals surface area (Å²) in [5.74, 6) is 1.06. The smallest absolute Gasteiger partial charge is 0.244 e. The number of aromatic nitrogens is 2. The molecular weight excluding hydrogens is 218 g/mol. The number of ether oxygens (including phenoxy) is 1. The lowest BCUT2D eigenvalue weighted by molar-refractivity contribution is 0.0854. The maximum Gasteiger partial charge on any atom is 0.244 e. The second-order valence-corrected chi connectivity index (χ2v) is 5.35. The van der Waals surface area contributed by atoms with E-state index in [0.29, 0.717) is 11.7 Å². The quantitative estimate of drug-likeness (QED) is 0.857. The van der Waals surface area contributed by atoms with E-state index in [1.165, 1.54) is 0 Å². The highest BCUT2D eigenvalue weighted by Gasteiger charge is 2.28. The molecule has 1 heterocycles. The highest BCUT2D eigenvalue weighted by molar-refractivity contribution is 4.98. The molecule has 0 spiro atoms. The van der Waals surface area contributed by atoms with Crippen LogP contribution in [0.5, 0.6) is 0 Å². The Morgan fingerprint density at radius 3 is 2.53 bits per heavy atom. The molecule has 5 heteroatoms. The molecule has 0 aromatic carbocycles. The van der Waals surface area contributed by atoms with Gasteiger partial charge in [0.05, 0.1) is 6.04 Å². The molecule has 1 aromatic heterocycles. The lowest BCUT2D eigenvalue weighted by Crippen LogP contribution is -2.26. The highest BCUT2D eigenvalue weighted by Crippen LogP contribution is 2.30. The fourth-order valence-electron chi connectivity index (χ4n) is 1.49. The van der Waals surface area contributed by atoms with Gasteiger partial charge in [-0.25, -0.2) is 0 Å². The fourth-order valence-corrected chi connectivity index (χ4v) is 1.49. The fraction of sp³-hybridized carbons (Fsp3) is 0.833. The molecule has 98 valence electrons. The van der Waals surface area contributed by atoms with Gasteiger partial charge in [-0.1, -0.05) is 39.3 Å². The first-order valence-electron chi connectivity index (χ1n) is 6.02. The van der Waals surface area contributed by atoms with Crippen LogP contribution in [0, 0.1) is 5.41 Å².